The maximum Gasteiger partial charge on any atom is 0.310 e. The molecule has 1 saturated heterocycles. The number of ether oxygens (including phenoxy) is 1. The maximum atomic E-state index is 12.1. The van der Waals surface area contributed by atoms with Crippen LogP contribution in [0.1, 0.15) is 18.9 Å². The highest BCUT2D eigenvalue weighted by Crippen LogP contribution is 2.22. The van der Waals surface area contributed by atoms with Crippen LogP contribution in [0.2, 0.25) is 0 Å². The number of benzene rings is 2. The van der Waals surface area contributed by atoms with Gasteiger partial charge in [-0.25, -0.2) is 8.42 Å². The first-order valence-electron chi connectivity index (χ1n) is 8.40. The Balaban J connectivity index is 1.55. The first-order chi connectivity index (χ1) is 12.3. The summed E-state index contributed by atoms with van der Waals surface area (Å²) in [5.74, 6) is -1.02. The molecule has 1 N–H and O–H groups in total. The number of nitrogens with one attached hydrogen (secondary N) is 1. The van der Waals surface area contributed by atoms with Crippen molar-refractivity contribution in [3.8, 4) is 0 Å². The molecule has 2 aromatic rings. The van der Waals surface area contributed by atoms with Gasteiger partial charge in [-0.15, -0.1) is 0 Å². The zero-order valence-corrected chi connectivity index (χ0v) is 15.3. The Kier molecular flexibility index (Phi) is 5.00. The third-order valence-electron chi connectivity index (χ3n) is 4.52. The van der Waals surface area contributed by atoms with Crippen molar-refractivity contribution in [1.82, 2.24) is 5.32 Å². The Morgan fingerprint density at radius 2 is 1.88 bits per heavy atom. The highest BCUT2D eigenvalue weighted by atomic mass is 32.2. The summed E-state index contributed by atoms with van der Waals surface area (Å²) in [4.78, 5) is 24.1. The van der Waals surface area contributed by atoms with E-state index in [-0.39, 0.29) is 17.9 Å². The second kappa shape index (κ2) is 7.07. The summed E-state index contributed by atoms with van der Waals surface area (Å²) >= 11 is 0. The quantitative estimate of drug-likeness (QED) is 0.802. The van der Waals surface area contributed by atoms with Crippen LogP contribution in [0.4, 0.5) is 0 Å². The number of rotatable bonds is 5. The molecule has 0 aromatic heterocycles. The van der Waals surface area contributed by atoms with Gasteiger partial charge in [-0.1, -0.05) is 42.5 Å². The molecule has 0 radical (unpaired) electrons. The van der Waals surface area contributed by atoms with E-state index in [1.807, 2.05) is 42.5 Å². The molecule has 0 aliphatic carbocycles. The zero-order valence-electron chi connectivity index (χ0n) is 14.5. The number of hydrogen-bond donors (Lipinski definition) is 1. The van der Waals surface area contributed by atoms with Crippen LogP contribution in [0.3, 0.4) is 0 Å². The molecule has 2 aromatic carbocycles. The largest absolute Gasteiger partial charge is 0.455 e. The Hall–Kier alpha value is -2.41. The fraction of sp³-hybridized carbons (Fsp3) is 0.368. The van der Waals surface area contributed by atoms with Crippen molar-refractivity contribution in [3.05, 3.63) is 48.0 Å². The molecule has 1 amide bonds. The van der Waals surface area contributed by atoms with Crippen LogP contribution in [0.25, 0.3) is 10.8 Å². The third kappa shape index (κ3) is 4.40. The van der Waals surface area contributed by atoms with Crippen LogP contribution in [0.5, 0.6) is 0 Å². The molecular formula is C19H21NO5S. The second-order valence-corrected chi connectivity index (χ2v) is 9.11. The van der Waals surface area contributed by atoms with Crippen molar-refractivity contribution in [2.75, 3.05) is 18.1 Å². The fourth-order valence-electron chi connectivity index (χ4n) is 3.28. The molecule has 1 aliphatic heterocycles. The van der Waals surface area contributed by atoms with E-state index in [2.05, 4.69) is 5.32 Å². The van der Waals surface area contributed by atoms with Crippen LogP contribution < -0.4 is 5.32 Å². The van der Waals surface area contributed by atoms with Crippen LogP contribution >= 0.6 is 0 Å². The number of esters is 1. The molecule has 0 unspecified atom stereocenters. The molecule has 1 atom stereocenters. The van der Waals surface area contributed by atoms with E-state index in [0.29, 0.717) is 6.42 Å². The average Bonchev–Trinajstić information content (AvgIpc) is 2.86. The first-order valence-corrected chi connectivity index (χ1v) is 10.2. The predicted molar refractivity (Wildman–Crippen MR) is 98.4 cm³/mol. The molecule has 0 saturated carbocycles. The maximum absolute atomic E-state index is 12.1. The van der Waals surface area contributed by atoms with Crippen molar-refractivity contribution >= 4 is 32.5 Å². The smallest absolute Gasteiger partial charge is 0.310 e. The minimum absolute atomic E-state index is 0.0602. The van der Waals surface area contributed by atoms with E-state index < -0.39 is 33.9 Å². The van der Waals surface area contributed by atoms with Gasteiger partial charge in [0.1, 0.15) is 0 Å². The molecule has 1 fully saturated rings. The fourth-order valence-corrected chi connectivity index (χ4v) is 5.37. The van der Waals surface area contributed by atoms with Gasteiger partial charge in [0, 0.05) is 0 Å². The molecule has 1 aliphatic rings. The van der Waals surface area contributed by atoms with Gasteiger partial charge >= 0.3 is 5.97 Å². The summed E-state index contributed by atoms with van der Waals surface area (Å²) in [5, 5.41) is 4.67. The van der Waals surface area contributed by atoms with Gasteiger partial charge in [-0.2, -0.15) is 0 Å². The lowest BCUT2D eigenvalue weighted by Crippen LogP contribution is -2.48. The minimum Gasteiger partial charge on any atom is -0.455 e. The van der Waals surface area contributed by atoms with Gasteiger partial charge in [0.25, 0.3) is 5.91 Å². The van der Waals surface area contributed by atoms with Crippen molar-refractivity contribution in [2.45, 2.75) is 25.3 Å². The lowest BCUT2D eigenvalue weighted by atomic mass is 10.0. The lowest BCUT2D eigenvalue weighted by molar-refractivity contribution is -0.148. The summed E-state index contributed by atoms with van der Waals surface area (Å²) < 4.78 is 28.2. The van der Waals surface area contributed by atoms with Gasteiger partial charge in [0.05, 0.1) is 23.5 Å². The number of carbonyl (C=O) groups is 2. The summed E-state index contributed by atoms with van der Waals surface area (Å²) in [6.07, 6.45) is 0.436. The summed E-state index contributed by atoms with van der Waals surface area (Å²) in [6, 6.07) is 13.4. The molecule has 6 nitrogen and oxygen atoms in total. The summed E-state index contributed by atoms with van der Waals surface area (Å²) in [7, 11) is -3.11. The number of amides is 1. The van der Waals surface area contributed by atoms with Gasteiger partial charge in [-0.3, -0.25) is 9.59 Å². The standard InChI is InChI=1S/C19H21NO5S/c1-19(9-10-26(23,24)13-19)20-17(21)12-25-18(22)11-15-7-4-6-14-5-2-3-8-16(14)15/h2-8H,9-13H2,1H3,(H,20,21)/t19-/m1/s1. The van der Waals surface area contributed by atoms with Crippen molar-refractivity contribution in [2.24, 2.45) is 0 Å². The molecule has 3 rings (SSSR count). The summed E-state index contributed by atoms with van der Waals surface area (Å²) in [5.41, 5.74) is 0.0418. The molecular weight excluding hydrogens is 354 g/mol. The van der Waals surface area contributed by atoms with E-state index in [1.165, 1.54) is 0 Å². The molecule has 0 bridgehead atoms. The Morgan fingerprint density at radius 3 is 2.62 bits per heavy atom. The zero-order chi connectivity index (χ0) is 18.8. The van der Waals surface area contributed by atoms with Crippen molar-refractivity contribution in [3.63, 3.8) is 0 Å². The highest BCUT2D eigenvalue weighted by Gasteiger charge is 2.39. The van der Waals surface area contributed by atoms with Gasteiger partial charge < -0.3 is 10.1 Å². The minimum atomic E-state index is -3.11. The second-order valence-electron chi connectivity index (χ2n) is 6.93. The van der Waals surface area contributed by atoms with Crippen molar-refractivity contribution in [1.29, 1.82) is 0 Å². The van der Waals surface area contributed by atoms with Gasteiger partial charge in [0.15, 0.2) is 16.4 Å². The van der Waals surface area contributed by atoms with E-state index >= 15 is 0 Å². The SMILES string of the molecule is C[C@@]1(NC(=O)COC(=O)Cc2cccc3ccccc23)CCS(=O)(=O)C1. The van der Waals surface area contributed by atoms with E-state index in [4.69, 9.17) is 4.74 Å². The van der Waals surface area contributed by atoms with Gasteiger partial charge in [-0.05, 0) is 29.7 Å². The van der Waals surface area contributed by atoms with Crippen LogP contribution in [-0.4, -0.2) is 43.9 Å². The first kappa shape index (κ1) is 18.4. The number of carbonyl (C=O) groups excluding carboxylic acids is 2. The monoisotopic (exact) mass is 375 g/mol. The van der Waals surface area contributed by atoms with Crippen LogP contribution in [-0.2, 0) is 30.6 Å². The predicted octanol–water partition coefficient (Wildman–Crippen LogP) is 1.62. The third-order valence-corrected chi connectivity index (χ3v) is 6.43. The van der Waals surface area contributed by atoms with Crippen LogP contribution in [0, 0.1) is 0 Å². The number of fused-ring (bicyclic) bond motifs is 1. The van der Waals surface area contributed by atoms with E-state index in [1.54, 1.807) is 6.92 Å². The molecule has 138 valence electrons. The van der Waals surface area contributed by atoms with E-state index in [0.717, 1.165) is 16.3 Å². The Bertz CT molecular complexity index is 948. The topological polar surface area (TPSA) is 89.5 Å². The average molecular weight is 375 g/mol. The van der Waals surface area contributed by atoms with E-state index in [9.17, 15) is 18.0 Å². The molecule has 26 heavy (non-hydrogen) atoms. The normalized spacial score (nSPS) is 21.4. The summed E-state index contributed by atoms with van der Waals surface area (Å²) in [6.45, 7) is 1.27. The number of sulfone groups is 1. The molecule has 0 spiro atoms. The number of hydrogen-bond acceptors (Lipinski definition) is 5. The van der Waals surface area contributed by atoms with Crippen LogP contribution in [0.15, 0.2) is 42.5 Å². The highest BCUT2D eigenvalue weighted by molar-refractivity contribution is 7.91. The lowest BCUT2D eigenvalue weighted by Gasteiger charge is -2.23. The molecule has 7 heteroatoms. The Labute approximate surface area is 152 Å². The van der Waals surface area contributed by atoms with Crippen molar-refractivity contribution < 1.29 is 22.7 Å². The Morgan fingerprint density at radius 1 is 1.15 bits per heavy atom. The molecule has 1 heterocycles. The van der Waals surface area contributed by atoms with Gasteiger partial charge in [0.2, 0.25) is 0 Å².